The highest BCUT2D eigenvalue weighted by Gasteiger charge is 2.27. The van der Waals surface area contributed by atoms with E-state index in [9.17, 15) is 9.59 Å². The van der Waals surface area contributed by atoms with Crippen LogP contribution in [0.25, 0.3) is 11.2 Å². The number of ether oxygens (including phenoxy) is 3. The molecule has 0 amide bonds. The minimum absolute atomic E-state index is 0.0284. The maximum atomic E-state index is 12.4. The van der Waals surface area contributed by atoms with Gasteiger partial charge in [-0.15, -0.1) is 0 Å². The van der Waals surface area contributed by atoms with Gasteiger partial charge in [0.15, 0.2) is 11.5 Å². The fourth-order valence-electron chi connectivity index (χ4n) is 3.63. The van der Waals surface area contributed by atoms with Crippen LogP contribution in [0.15, 0.2) is 24.5 Å². The third-order valence-electron chi connectivity index (χ3n) is 5.76. The Morgan fingerprint density at radius 2 is 1.97 bits per heavy atom. The van der Waals surface area contributed by atoms with Crippen molar-refractivity contribution in [1.82, 2.24) is 29.7 Å². The summed E-state index contributed by atoms with van der Waals surface area (Å²) in [4.78, 5) is 37.1. The third-order valence-corrected chi connectivity index (χ3v) is 7.39. The molecule has 37 heavy (non-hydrogen) atoms. The summed E-state index contributed by atoms with van der Waals surface area (Å²) in [6.45, 7) is 6.64. The number of nitrogens with one attached hydrogen (secondary N) is 2. The van der Waals surface area contributed by atoms with Gasteiger partial charge >= 0.3 is 11.9 Å². The molecule has 2 aromatic rings. The van der Waals surface area contributed by atoms with Crippen molar-refractivity contribution >= 4 is 37.1 Å². The van der Waals surface area contributed by atoms with E-state index in [1.165, 1.54) is 6.33 Å². The van der Waals surface area contributed by atoms with Crippen molar-refractivity contribution in [2.45, 2.75) is 77.7 Å². The summed E-state index contributed by atoms with van der Waals surface area (Å²) in [6.07, 6.45) is 9.74. The summed E-state index contributed by atoms with van der Waals surface area (Å²) in [7, 11) is -1.23. The second kappa shape index (κ2) is 14.9. The largest absolute Gasteiger partial charge is 0.465 e. The lowest BCUT2D eigenvalue weighted by molar-refractivity contribution is -0.145. The lowest BCUT2D eigenvalue weighted by Crippen LogP contribution is -2.35. The number of nitrogen functional groups attached to an aromatic ring is 1. The van der Waals surface area contributed by atoms with Crippen LogP contribution in [-0.4, -0.2) is 63.4 Å². The van der Waals surface area contributed by atoms with Gasteiger partial charge in [0.2, 0.25) is 0 Å². The maximum absolute atomic E-state index is 12.4. The van der Waals surface area contributed by atoms with Crippen molar-refractivity contribution in [2.75, 3.05) is 25.5 Å². The standard InChI is InChI=1S/C24H38N7O5P/c1-4-6-11-34-20(32)14-29-37(30-17(3)24(33)35-12-7-5-2)13-10-18-8-9-19(36-18)31-16-28-21-22(25)26-15-27-23(21)31/h10,13,15-19,29-30H,4-9,11-12,14H2,1-3H3,(H2,25,26,27)/b13-10+. The molecule has 0 aliphatic carbocycles. The van der Waals surface area contributed by atoms with Crippen LogP contribution >= 0.6 is 8.22 Å². The van der Waals surface area contributed by atoms with Crippen molar-refractivity contribution in [3.8, 4) is 0 Å². The van der Waals surface area contributed by atoms with E-state index in [0.717, 1.165) is 38.5 Å². The first-order chi connectivity index (χ1) is 17.9. The Morgan fingerprint density at radius 1 is 1.22 bits per heavy atom. The summed E-state index contributed by atoms with van der Waals surface area (Å²) in [5.41, 5.74) is 7.08. The van der Waals surface area contributed by atoms with Crippen molar-refractivity contribution in [1.29, 1.82) is 0 Å². The van der Waals surface area contributed by atoms with Crippen LogP contribution in [0, 0.1) is 0 Å². The second-order valence-corrected chi connectivity index (χ2v) is 10.4. The molecule has 1 saturated heterocycles. The van der Waals surface area contributed by atoms with E-state index >= 15 is 0 Å². The third kappa shape index (κ3) is 8.70. The molecule has 3 rings (SSSR count). The van der Waals surface area contributed by atoms with Gasteiger partial charge in [0, 0.05) is 0 Å². The minimum Gasteiger partial charge on any atom is -0.465 e. The number of unbranched alkanes of at least 4 members (excludes halogenated alkanes) is 2. The molecule has 0 saturated carbocycles. The Hall–Kier alpha value is -2.66. The van der Waals surface area contributed by atoms with Crippen LogP contribution in [0.4, 0.5) is 5.82 Å². The molecular weight excluding hydrogens is 497 g/mol. The Morgan fingerprint density at radius 3 is 2.73 bits per heavy atom. The summed E-state index contributed by atoms with van der Waals surface area (Å²) < 4.78 is 18.6. The Balaban J connectivity index is 1.60. The number of nitrogens with two attached hydrogens (primary N) is 1. The zero-order valence-electron chi connectivity index (χ0n) is 21.8. The Bertz CT molecular complexity index is 1050. The lowest BCUT2D eigenvalue weighted by atomic mass is 10.2. The summed E-state index contributed by atoms with van der Waals surface area (Å²) in [5.74, 6) is 1.59. The number of imidazole rings is 1. The van der Waals surface area contributed by atoms with Crippen molar-refractivity contribution < 1.29 is 23.8 Å². The van der Waals surface area contributed by atoms with E-state index in [1.54, 1.807) is 13.3 Å². The van der Waals surface area contributed by atoms with Gasteiger partial charge in [0.25, 0.3) is 0 Å². The number of anilines is 1. The average Bonchev–Trinajstić information content (AvgIpc) is 3.53. The number of carbonyl (C=O) groups is 2. The van der Waals surface area contributed by atoms with Gasteiger partial charge in [-0.05, 0) is 38.4 Å². The zero-order valence-corrected chi connectivity index (χ0v) is 22.7. The van der Waals surface area contributed by atoms with Crippen molar-refractivity contribution in [2.24, 2.45) is 0 Å². The van der Waals surface area contributed by atoms with E-state index in [2.05, 4.69) is 25.1 Å². The highest BCUT2D eigenvalue weighted by molar-refractivity contribution is 7.56. The average molecular weight is 536 g/mol. The van der Waals surface area contributed by atoms with Gasteiger partial charge in [-0.1, -0.05) is 32.8 Å². The number of nitrogens with zero attached hydrogens (tertiary/aromatic N) is 4. The molecule has 4 atom stereocenters. The van der Waals surface area contributed by atoms with E-state index < -0.39 is 14.3 Å². The van der Waals surface area contributed by atoms with Gasteiger partial charge in [-0.3, -0.25) is 24.3 Å². The number of rotatable bonds is 15. The van der Waals surface area contributed by atoms with Gasteiger partial charge in [-0.2, -0.15) is 0 Å². The molecule has 0 spiro atoms. The molecular formula is C24H38N7O5P. The zero-order chi connectivity index (χ0) is 26.6. The normalized spacial score (nSPS) is 19.3. The van der Waals surface area contributed by atoms with E-state index in [0.29, 0.717) is 30.2 Å². The molecule has 1 fully saturated rings. The first-order valence-electron chi connectivity index (χ1n) is 12.8. The molecule has 1 aliphatic rings. The van der Waals surface area contributed by atoms with Crippen LogP contribution < -0.4 is 15.9 Å². The molecule has 12 nitrogen and oxygen atoms in total. The first kappa shape index (κ1) is 28.9. The van der Waals surface area contributed by atoms with Crippen LogP contribution in [0.5, 0.6) is 0 Å². The molecule has 4 N–H and O–H groups in total. The van der Waals surface area contributed by atoms with Gasteiger partial charge in [0.1, 0.15) is 24.1 Å². The van der Waals surface area contributed by atoms with Gasteiger partial charge in [-0.25, -0.2) is 15.0 Å². The van der Waals surface area contributed by atoms with Crippen LogP contribution in [-0.2, 0) is 23.8 Å². The SMILES string of the molecule is CCCCOC(=O)CNP(/C=C/C1CCC(n2cnc3c(N)ncnc32)O1)NC(C)C(=O)OCCCC. The molecule has 0 bridgehead atoms. The number of hydrogen-bond donors (Lipinski definition) is 3. The number of hydrogen-bond acceptors (Lipinski definition) is 11. The molecule has 204 valence electrons. The predicted octanol–water partition coefficient (Wildman–Crippen LogP) is 3.17. The van der Waals surface area contributed by atoms with Gasteiger partial charge < -0.3 is 19.9 Å². The quantitative estimate of drug-likeness (QED) is 0.175. The smallest absolute Gasteiger partial charge is 0.323 e. The molecule has 2 aromatic heterocycles. The van der Waals surface area contributed by atoms with Crippen molar-refractivity contribution in [3.63, 3.8) is 0 Å². The molecule has 1 aliphatic heterocycles. The maximum Gasteiger partial charge on any atom is 0.323 e. The molecule has 0 aromatic carbocycles. The van der Waals surface area contributed by atoms with Gasteiger partial charge in [0.05, 0.1) is 40.4 Å². The molecule has 4 unspecified atom stereocenters. The predicted molar refractivity (Wildman–Crippen MR) is 141 cm³/mol. The van der Waals surface area contributed by atoms with Crippen LogP contribution in [0.1, 0.15) is 65.5 Å². The van der Waals surface area contributed by atoms with E-state index in [1.807, 2.05) is 30.3 Å². The Kier molecular flexibility index (Phi) is 11.7. The number of esters is 2. The van der Waals surface area contributed by atoms with Crippen molar-refractivity contribution in [3.05, 3.63) is 24.5 Å². The van der Waals surface area contributed by atoms with Crippen LogP contribution in [0.3, 0.4) is 0 Å². The lowest BCUT2D eigenvalue weighted by Gasteiger charge is -2.21. The summed E-state index contributed by atoms with van der Waals surface area (Å²) in [6, 6.07) is -0.545. The fraction of sp³-hybridized carbons (Fsp3) is 0.625. The topological polar surface area (TPSA) is 156 Å². The second-order valence-electron chi connectivity index (χ2n) is 8.78. The van der Waals surface area contributed by atoms with Crippen LogP contribution in [0.2, 0.25) is 0 Å². The molecule has 0 radical (unpaired) electrons. The van der Waals surface area contributed by atoms with E-state index in [4.69, 9.17) is 19.9 Å². The summed E-state index contributed by atoms with van der Waals surface area (Å²) >= 11 is 0. The highest BCUT2D eigenvalue weighted by Crippen LogP contribution is 2.34. The van der Waals surface area contributed by atoms with E-state index in [-0.39, 0.29) is 30.8 Å². The summed E-state index contributed by atoms with van der Waals surface area (Å²) in [5, 5.41) is 6.42. The number of aromatic nitrogens is 4. The number of fused-ring (bicyclic) bond motifs is 1. The Labute approximate surface area is 218 Å². The highest BCUT2D eigenvalue weighted by atomic mass is 31.1. The molecule has 3 heterocycles. The fourth-order valence-corrected chi connectivity index (χ4v) is 5.10. The first-order valence-corrected chi connectivity index (χ1v) is 14.2. The number of carbonyl (C=O) groups excluding carboxylic acids is 2. The molecule has 13 heteroatoms. The minimum atomic E-state index is -1.23. The monoisotopic (exact) mass is 535 g/mol.